The van der Waals surface area contributed by atoms with Crippen molar-refractivity contribution in [1.29, 1.82) is 0 Å². The summed E-state index contributed by atoms with van der Waals surface area (Å²) in [7, 11) is 1.22. The minimum absolute atomic E-state index is 0.181. The number of hydrogen-bond donors (Lipinski definition) is 2. The molecule has 0 radical (unpaired) electrons. The Morgan fingerprint density at radius 1 is 1.17 bits per heavy atom. The normalized spacial score (nSPS) is 20.2. The van der Waals surface area contributed by atoms with Crippen molar-refractivity contribution < 1.29 is 23.9 Å². The Balaban J connectivity index is 1.79. The topological polar surface area (TPSA) is 93.7 Å². The third kappa shape index (κ3) is 5.23. The van der Waals surface area contributed by atoms with Gasteiger partial charge in [-0.05, 0) is 12.1 Å². The molecule has 0 aliphatic carbocycles. The number of ether oxygens (including phenoxy) is 2. The maximum Gasteiger partial charge on any atom is 0.331 e. The first-order valence-electron chi connectivity index (χ1n) is 7.14. The number of nitrogens with one attached hydrogen (secondary N) is 2. The van der Waals surface area contributed by atoms with Gasteiger partial charge in [-0.15, -0.1) is 0 Å². The Hall–Kier alpha value is -2.67. The Kier molecular flexibility index (Phi) is 5.87. The van der Waals surface area contributed by atoms with E-state index in [9.17, 15) is 14.4 Å². The fraction of sp³-hybridized carbons (Fsp3) is 0.312. The lowest BCUT2D eigenvalue weighted by Crippen LogP contribution is -2.35. The summed E-state index contributed by atoms with van der Waals surface area (Å²) >= 11 is 0. The minimum atomic E-state index is -0.647. The van der Waals surface area contributed by atoms with Crippen LogP contribution in [0.1, 0.15) is 6.42 Å². The molecule has 0 spiro atoms. The third-order valence-corrected chi connectivity index (χ3v) is 3.29. The molecule has 2 atom stereocenters. The zero-order valence-electron chi connectivity index (χ0n) is 12.7. The van der Waals surface area contributed by atoms with Gasteiger partial charge in [-0.3, -0.25) is 4.79 Å². The lowest BCUT2D eigenvalue weighted by molar-refractivity contribution is -0.143. The first-order chi connectivity index (χ1) is 11.1. The van der Waals surface area contributed by atoms with Gasteiger partial charge in [-0.2, -0.15) is 0 Å². The molecule has 1 aliphatic rings. The quantitative estimate of drug-likeness (QED) is 0.611. The molecule has 0 saturated carbocycles. The highest BCUT2D eigenvalue weighted by molar-refractivity contribution is 5.95. The van der Waals surface area contributed by atoms with E-state index in [0.29, 0.717) is 18.7 Å². The van der Waals surface area contributed by atoms with E-state index >= 15 is 0 Å². The van der Waals surface area contributed by atoms with Crippen molar-refractivity contribution in [1.82, 2.24) is 5.32 Å². The molecule has 1 aromatic carbocycles. The summed E-state index contributed by atoms with van der Waals surface area (Å²) in [6.07, 6.45) is 1.94. The van der Waals surface area contributed by atoms with Crippen LogP contribution in [0.4, 0.5) is 5.69 Å². The summed E-state index contributed by atoms with van der Waals surface area (Å²) in [6, 6.07) is 8.67. The van der Waals surface area contributed by atoms with Crippen LogP contribution in [-0.4, -0.2) is 43.6 Å². The SMILES string of the molecule is COC(=O)/C=C/C(=O)O[C@H]1CN[C@H](C(=O)Nc2ccccc2)C1. The van der Waals surface area contributed by atoms with Crippen molar-refractivity contribution in [2.75, 3.05) is 19.0 Å². The van der Waals surface area contributed by atoms with E-state index in [4.69, 9.17) is 4.74 Å². The number of hydrogen-bond acceptors (Lipinski definition) is 6. The highest BCUT2D eigenvalue weighted by atomic mass is 16.5. The maximum absolute atomic E-state index is 12.1. The second-order valence-corrected chi connectivity index (χ2v) is 4.97. The number of benzene rings is 1. The molecular weight excluding hydrogens is 300 g/mol. The molecule has 1 saturated heterocycles. The summed E-state index contributed by atoms with van der Waals surface area (Å²) in [6.45, 7) is 0.380. The molecule has 122 valence electrons. The van der Waals surface area contributed by atoms with Gasteiger partial charge in [-0.1, -0.05) is 18.2 Å². The van der Waals surface area contributed by atoms with Crippen LogP contribution in [0.2, 0.25) is 0 Å². The molecule has 7 heteroatoms. The molecule has 0 unspecified atom stereocenters. The summed E-state index contributed by atoms with van der Waals surface area (Å²) in [5.74, 6) is -1.46. The van der Waals surface area contributed by atoms with Gasteiger partial charge in [0.25, 0.3) is 0 Å². The number of amides is 1. The zero-order valence-corrected chi connectivity index (χ0v) is 12.7. The molecule has 1 heterocycles. The monoisotopic (exact) mass is 318 g/mol. The average Bonchev–Trinajstić information content (AvgIpc) is 3.02. The molecule has 1 amide bonds. The van der Waals surface area contributed by atoms with Crippen LogP contribution >= 0.6 is 0 Å². The number of carbonyl (C=O) groups is 3. The Morgan fingerprint density at radius 2 is 1.87 bits per heavy atom. The predicted molar refractivity (Wildman–Crippen MR) is 82.5 cm³/mol. The van der Waals surface area contributed by atoms with Crippen LogP contribution in [0.25, 0.3) is 0 Å². The van der Waals surface area contributed by atoms with E-state index < -0.39 is 24.1 Å². The molecule has 1 aromatic rings. The summed E-state index contributed by atoms with van der Waals surface area (Å²) in [5, 5.41) is 5.79. The number of esters is 2. The molecule has 1 aliphatic heterocycles. The van der Waals surface area contributed by atoms with Crippen LogP contribution in [-0.2, 0) is 23.9 Å². The largest absolute Gasteiger partial charge is 0.466 e. The van der Waals surface area contributed by atoms with Crippen molar-refractivity contribution in [2.24, 2.45) is 0 Å². The third-order valence-electron chi connectivity index (χ3n) is 3.29. The van der Waals surface area contributed by atoms with Gasteiger partial charge >= 0.3 is 11.9 Å². The molecular formula is C16H18N2O5. The Labute approximate surface area is 133 Å². The van der Waals surface area contributed by atoms with Crippen molar-refractivity contribution >= 4 is 23.5 Å². The number of para-hydroxylation sites is 1. The lowest BCUT2D eigenvalue weighted by Gasteiger charge is -2.11. The Bertz CT molecular complexity index is 600. The number of methoxy groups -OCH3 is 1. The predicted octanol–water partition coefficient (Wildman–Crippen LogP) is 0.628. The summed E-state index contributed by atoms with van der Waals surface area (Å²) < 4.78 is 9.54. The van der Waals surface area contributed by atoms with E-state index in [2.05, 4.69) is 15.4 Å². The van der Waals surface area contributed by atoms with Gasteiger partial charge in [0.15, 0.2) is 0 Å². The Morgan fingerprint density at radius 3 is 2.57 bits per heavy atom. The molecule has 0 bridgehead atoms. The fourth-order valence-corrected chi connectivity index (χ4v) is 2.15. The standard InChI is InChI=1S/C16H18N2O5/c1-22-14(19)7-8-15(20)23-12-9-13(17-10-12)16(21)18-11-5-3-2-4-6-11/h2-8,12-13,17H,9-10H2,1H3,(H,18,21)/b8-7+/t12-,13+/m1/s1. The van der Waals surface area contributed by atoms with E-state index in [1.165, 1.54) is 7.11 Å². The van der Waals surface area contributed by atoms with Gasteiger partial charge in [0.1, 0.15) is 6.10 Å². The van der Waals surface area contributed by atoms with Crippen molar-refractivity contribution in [3.05, 3.63) is 42.5 Å². The molecule has 23 heavy (non-hydrogen) atoms. The minimum Gasteiger partial charge on any atom is -0.466 e. The highest BCUT2D eigenvalue weighted by Crippen LogP contribution is 2.14. The smallest absolute Gasteiger partial charge is 0.331 e. The number of carbonyl (C=O) groups excluding carboxylic acids is 3. The lowest BCUT2D eigenvalue weighted by atomic mass is 10.2. The number of rotatable bonds is 5. The maximum atomic E-state index is 12.1. The second-order valence-electron chi connectivity index (χ2n) is 4.97. The first kappa shape index (κ1) is 16.7. The van der Waals surface area contributed by atoms with Crippen molar-refractivity contribution in [3.8, 4) is 0 Å². The van der Waals surface area contributed by atoms with Gasteiger partial charge in [0, 0.05) is 30.8 Å². The molecule has 2 N–H and O–H groups in total. The van der Waals surface area contributed by atoms with Gasteiger partial charge in [0.2, 0.25) is 5.91 Å². The molecule has 0 aromatic heterocycles. The van der Waals surface area contributed by atoms with Crippen LogP contribution in [0.3, 0.4) is 0 Å². The number of anilines is 1. The molecule has 1 fully saturated rings. The van der Waals surface area contributed by atoms with Crippen LogP contribution < -0.4 is 10.6 Å². The molecule has 7 nitrogen and oxygen atoms in total. The van der Waals surface area contributed by atoms with Gasteiger partial charge in [0.05, 0.1) is 13.2 Å². The van der Waals surface area contributed by atoms with E-state index in [-0.39, 0.29) is 5.91 Å². The second kappa shape index (κ2) is 8.09. The van der Waals surface area contributed by atoms with Crippen LogP contribution in [0, 0.1) is 0 Å². The molecule has 2 rings (SSSR count). The van der Waals surface area contributed by atoms with Gasteiger partial charge < -0.3 is 20.1 Å². The summed E-state index contributed by atoms with van der Waals surface area (Å²) in [5.41, 5.74) is 0.709. The average molecular weight is 318 g/mol. The van der Waals surface area contributed by atoms with Gasteiger partial charge in [-0.25, -0.2) is 9.59 Å². The van der Waals surface area contributed by atoms with E-state index in [0.717, 1.165) is 12.2 Å². The van der Waals surface area contributed by atoms with Crippen LogP contribution in [0.5, 0.6) is 0 Å². The highest BCUT2D eigenvalue weighted by Gasteiger charge is 2.31. The van der Waals surface area contributed by atoms with E-state index in [1.807, 2.05) is 18.2 Å². The van der Waals surface area contributed by atoms with Crippen LogP contribution in [0.15, 0.2) is 42.5 Å². The van der Waals surface area contributed by atoms with Crippen molar-refractivity contribution in [3.63, 3.8) is 0 Å². The van der Waals surface area contributed by atoms with E-state index in [1.54, 1.807) is 12.1 Å². The zero-order chi connectivity index (χ0) is 16.7. The van der Waals surface area contributed by atoms with Crippen molar-refractivity contribution in [2.45, 2.75) is 18.6 Å². The fourth-order valence-electron chi connectivity index (χ4n) is 2.15. The summed E-state index contributed by atoms with van der Waals surface area (Å²) in [4.78, 5) is 34.5. The first-order valence-corrected chi connectivity index (χ1v) is 7.14.